The first-order valence-corrected chi connectivity index (χ1v) is 7.55. The van der Waals surface area contributed by atoms with E-state index in [2.05, 4.69) is 70.6 Å². The molecule has 1 heterocycles. The number of benzene rings is 2. The summed E-state index contributed by atoms with van der Waals surface area (Å²) in [6.07, 6.45) is 1.89. The van der Waals surface area contributed by atoms with Crippen molar-refractivity contribution in [2.45, 2.75) is 13.8 Å². The molecular formula is C16H17N3S. The topological polar surface area (TPSA) is 29.9 Å². The molecule has 0 saturated carbocycles. The van der Waals surface area contributed by atoms with Crippen LogP contribution in [0.2, 0.25) is 0 Å². The van der Waals surface area contributed by atoms with E-state index in [9.17, 15) is 0 Å². The second-order valence-corrected chi connectivity index (χ2v) is 5.77. The van der Waals surface area contributed by atoms with Crippen molar-refractivity contribution in [2.75, 3.05) is 11.2 Å². The Hall–Kier alpha value is -1.94. The highest BCUT2D eigenvalue weighted by molar-refractivity contribution is 7.98. The van der Waals surface area contributed by atoms with Gasteiger partial charge in [0.2, 0.25) is 0 Å². The number of rotatable bonds is 4. The Balaban J connectivity index is 1.70. The van der Waals surface area contributed by atoms with Crippen LogP contribution in [0.15, 0.2) is 48.8 Å². The molecule has 1 N–H and O–H groups in total. The summed E-state index contributed by atoms with van der Waals surface area (Å²) >= 11 is 1.71. The molecule has 102 valence electrons. The van der Waals surface area contributed by atoms with Crippen LogP contribution in [0.1, 0.15) is 11.1 Å². The maximum Gasteiger partial charge on any atom is 0.106 e. The number of hydrogen-bond acceptors (Lipinski definition) is 3. The lowest BCUT2D eigenvalue weighted by atomic mass is 10.2. The number of anilines is 1. The second-order valence-electron chi connectivity index (χ2n) is 4.83. The van der Waals surface area contributed by atoms with Gasteiger partial charge in [-0.2, -0.15) is 0 Å². The Labute approximate surface area is 123 Å². The van der Waals surface area contributed by atoms with E-state index in [1.807, 2.05) is 6.33 Å². The first-order chi connectivity index (χ1) is 9.74. The van der Waals surface area contributed by atoms with Crippen LogP contribution in [-0.2, 0) is 0 Å². The molecule has 3 nitrogen and oxygen atoms in total. The molecule has 1 aromatic heterocycles. The molecule has 3 aromatic rings. The Bertz CT molecular complexity index is 733. The summed E-state index contributed by atoms with van der Waals surface area (Å²) in [5, 5.41) is 3.42. The highest BCUT2D eigenvalue weighted by atomic mass is 32.2. The van der Waals surface area contributed by atoms with Gasteiger partial charge in [0.1, 0.15) is 6.33 Å². The number of aromatic nitrogens is 2. The van der Waals surface area contributed by atoms with E-state index in [4.69, 9.17) is 0 Å². The van der Waals surface area contributed by atoms with Gasteiger partial charge in [-0.3, -0.25) is 3.97 Å². The molecular weight excluding hydrogens is 266 g/mol. The minimum absolute atomic E-state index is 0.808. The number of fused-ring (bicyclic) bond motifs is 1. The zero-order valence-corrected chi connectivity index (χ0v) is 12.4. The number of aryl methyl sites for hydroxylation is 2. The van der Waals surface area contributed by atoms with E-state index in [0.717, 1.165) is 17.1 Å². The third kappa shape index (κ3) is 2.65. The van der Waals surface area contributed by atoms with Crippen LogP contribution in [0.25, 0.3) is 11.0 Å². The Morgan fingerprint density at radius 3 is 2.85 bits per heavy atom. The van der Waals surface area contributed by atoms with E-state index < -0.39 is 0 Å². The van der Waals surface area contributed by atoms with Gasteiger partial charge in [0, 0.05) is 5.69 Å². The van der Waals surface area contributed by atoms with E-state index in [1.54, 1.807) is 11.9 Å². The number of hydrogen-bond donors (Lipinski definition) is 1. The lowest BCUT2D eigenvalue weighted by Gasteiger charge is -2.07. The second kappa shape index (κ2) is 5.59. The van der Waals surface area contributed by atoms with E-state index in [0.29, 0.717) is 0 Å². The highest BCUT2D eigenvalue weighted by Crippen LogP contribution is 2.21. The first-order valence-electron chi connectivity index (χ1n) is 6.60. The van der Waals surface area contributed by atoms with Crippen molar-refractivity contribution in [1.29, 1.82) is 0 Å². The molecule has 0 atom stereocenters. The molecule has 0 radical (unpaired) electrons. The zero-order chi connectivity index (χ0) is 13.9. The third-order valence-electron chi connectivity index (χ3n) is 3.24. The first kappa shape index (κ1) is 13.1. The maximum absolute atomic E-state index is 4.47. The molecule has 2 aromatic carbocycles. The molecule has 0 aliphatic heterocycles. The number of imidazole rings is 1. The Morgan fingerprint density at radius 1 is 1.15 bits per heavy atom. The quantitative estimate of drug-likeness (QED) is 0.727. The summed E-state index contributed by atoms with van der Waals surface area (Å²) in [5.41, 5.74) is 5.88. The van der Waals surface area contributed by atoms with E-state index in [-0.39, 0.29) is 0 Å². The molecule has 20 heavy (non-hydrogen) atoms. The minimum Gasteiger partial charge on any atom is -0.374 e. The minimum atomic E-state index is 0.808. The van der Waals surface area contributed by atoms with Crippen LogP contribution >= 0.6 is 11.9 Å². The predicted octanol–water partition coefficient (Wildman–Crippen LogP) is 4.22. The van der Waals surface area contributed by atoms with Crippen molar-refractivity contribution >= 4 is 28.7 Å². The van der Waals surface area contributed by atoms with Crippen LogP contribution in [0.4, 0.5) is 5.69 Å². The van der Waals surface area contributed by atoms with Crippen molar-refractivity contribution in [3.05, 3.63) is 59.9 Å². The van der Waals surface area contributed by atoms with Gasteiger partial charge in [0.15, 0.2) is 0 Å². The normalized spacial score (nSPS) is 10.9. The van der Waals surface area contributed by atoms with Crippen molar-refractivity contribution in [2.24, 2.45) is 0 Å². The van der Waals surface area contributed by atoms with Gasteiger partial charge in [-0.15, -0.1) is 0 Å². The molecule has 4 heteroatoms. The monoisotopic (exact) mass is 283 g/mol. The van der Waals surface area contributed by atoms with Gasteiger partial charge >= 0.3 is 0 Å². The summed E-state index contributed by atoms with van der Waals surface area (Å²) in [7, 11) is 0. The Kier molecular flexibility index (Phi) is 3.65. The smallest absolute Gasteiger partial charge is 0.106 e. The van der Waals surface area contributed by atoms with Crippen LogP contribution in [0, 0.1) is 13.8 Å². The fraction of sp³-hybridized carbons (Fsp3) is 0.188. The van der Waals surface area contributed by atoms with Crippen molar-refractivity contribution in [1.82, 2.24) is 8.96 Å². The molecule has 0 bridgehead atoms. The predicted molar refractivity (Wildman–Crippen MR) is 87.1 cm³/mol. The van der Waals surface area contributed by atoms with Crippen LogP contribution in [-0.4, -0.2) is 14.8 Å². The number of para-hydroxylation sites is 1. The number of nitrogens with one attached hydrogen (secondary N) is 1. The van der Waals surface area contributed by atoms with Crippen molar-refractivity contribution in [3.63, 3.8) is 0 Å². The summed E-state index contributed by atoms with van der Waals surface area (Å²) in [4.78, 5) is 4.47. The highest BCUT2D eigenvalue weighted by Gasteiger charge is 2.04. The molecule has 0 saturated heterocycles. The molecule has 0 amide bonds. The van der Waals surface area contributed by atoms with Gasteiger partial charge in [-0.25, -0.2) is 4.98 Å². The summed E-state index contributed by atoms with van der Waals surface area (Å²) in [6.45, 7) is 4.19. The van der Waals surface area contributed by atoms with Crippen LogP contribution in [0.5, 0.6) is 0 Å². The number of nitrogens with zero attached hydrogens (tertiary/aromatic N) is 2. The molecule has 0 fully saturated rings. The van der Waals surface area contributed by atoms with Gasteiger partial charge < -0.3 is 5.32 Å². The molecule has 0 aliphatic carbocycles. The third-order valence-corrected chi connectivity index (χ3v) is 4.09. The van der Waals surface area contributed by atoms with Gasteiger partial charge in [-0.1, -0.05) is 24.3 Å². The molecule has 0 spiro atoms. The van der Waals surface area contributed by atoms with Gasteiger partial charge in [0.05, 0.1) is 16.9 Å². The standard InChI is InChI=1S/C16H17N3S/c1-12-5-3-7-14(9-12)18-11-20-19-10-17-16-13(2)6-4-8-15(16)19/h3-10,18H,11H2,1-2H3. The fourth-order valence-electron chi connectivity index (χ4n) is 2.20. The van der Waals surface area contributed by atoms with E-state index >= 15 is 0 Å². The van der Waals surface area contributed by atoms with Gasteiger partial charge in [0.25, 0.3) is 0 Å². The van der Waals surface area contributed by atoms with Crippen LogP contribution < -0.4 is 5.32 Å². The van der Waals surface area contributed by atoms with E-state index in [1.165, 1.54) is 16.6 Å². The maximum atomic E-state index is 4.47. The lowest BCUT2D eigenvalue weighted by Crippen LogP contribution is -2.00. The van der Waals surface area contributed by atoms with Crippen molar-refractivity contribution < 1.29 is 0 Å². The lowest BCUT2D eigenvalue weighted by molar-refractivity contribution is 1.25. The molecule has 3 rings (SSSR count). The Morgan fingerprint density at radius 2 is 2.00 bits per heavy atom. The molecule has 0 unspecified atom stereocenters. The summed E-state index contributed by atoms with van der Waals surface area (Å²) < 4.78 is 2.12. The van der Waals surface area contributed by atoms with Crippen LogP contribution in [0.3, 0.4) is 0 Å². The van der Waals surface area contributed by atoms with Crippen molar-refractivity contribution in [3.8, 4) is 0 Å². The summed E-state index contributed by atoms with van der Waals surface area (Å²) in [5.74, 6) is 0.808. The average molecular weight is 283 g/mol. The fourth-order valence-corrected chi connectivity index (χ4v) is 2.98. The molecule has 0 aliphatic rings. The average Bonchev–Trinajstić information content (AvgIpc) is 2.84. The SMILES string of the molecule is Cc1cccc(NCSn2cnc3c(C)cccc32)c1. The zero-order valence-electron chi connectivity index (χ0n) is 11.6. The van der Waals surface area contributed by atoms with Gasteiger partial charge in [-0.05, 0) is 55.1 Å². The largest absolute Gasteiger partial charge is 0.374 e. The summed E-state index contributed by atoms with van der Waals surface area (Å²) in [6, 6.07) is 14.7.